The van der Waals surface area contributed by atoms with Crippen LogP contribution < -0.4 is 0 Å². The first-order valence-corrected chi connectivity index (χ1v) is 24.9. The molecule has 1 rings (SSSR count). The van der Waals surface area contributed by atoms with Gasteiger partial charge in [-0.1, -0.05) is 119 Å². The fourth-order valence-corrected chi connectivity index (χ4v) is 9.71. The molecule has 0 aliphatic rings. The third kappa shape index (κ3) is 12.0. The van der Waals surface area contributed by atoms with Gasteiger partial charge in [-0.25, -0.2) is 19.2 Å². The summed E-state index contributed by atoms with van der Waals surface area (Å²) in [4.78, 5) is 56.3. The van der Waals surface area contributed by atoms with Gasteiger partial charge in [0, 0.05) is 43.0 Å². The Balaban J connectivity index is 4.26. The molecule has 286 valence electrons. The number of esters is 4. The van der Waals surface area contributed by atoms with Gasteiger partial charge in [-0.05, 0) is 140 Å². The normalized spacial score (nSPS) is 13.8. The fourth-order valence-electron chi connectivity index (χ4n) is 2.82. The molecule has 0 fully saturated rings. The maximum absolute atomic E-state index is 14.1. The van der Waals surface area contributed by atoms with E-state index < -0.39 is 81.5 Å². The summed E-state index contributed by atoms with van der Waals surface area (Å²) < 4.78 is 17.6. The van der Waals surface area contributed by atoms with Crippen LogP contribution in [0.4, 0.5) is 0 Å². The van der Waals surface area contributed by atoms with Crippen molar-refractivity contribution in [3.63, 3.8) is 0 Å². The van der Waals surface area contributed by atoms with Gasteiger partial charge in [0.25, 0.3) is 0 Å². The molecular weight excluding hydrogens is 1450 g/mol. The highest BCUT2D eigenvalue weighted by Gasteiger charge is 2.49. The van der Waals surface area contributed by atoms with E-state index in [1.165, 1.54) is 0 Å². The lowest BCUT2D eigenvalue weighted by atomic mass is 9.95. The third-order valence-corrected chi connectivity index (χ3v) is 22.9. The molecule has 0 saturated carbocycles. The number of carbonyl (C=O) groups is 4. The van der Waals surface area contributed by atoms with Crippen molar-refractivity contribution in [3.05, 3.63) is 34.4 Å². The summed E-state index contributed by atoms with van der Waals surface area (Å²) in [6.07, 6.45) is 0. The Kier molecular flexibility index (Phi) is 19.0. The van der Waals surface area contributed by atoms with Gasteiger partial charge >= 0.3 is 23.9 Å². The highest BCUT2D eigenvalue weighted by Crippen LogP contribution is 2.50. The highest BCUT2D eigenvalue weighted by molar-refractivity contribution is 9.26. The van der Waals surface area contributed by atoms with Crippen molar-refractivity contribution >= 4 is 215 Å². The van der Waals surface area contributed by atoms with Crippen LogP contribution in [0.3, 0.4) is 0 Å². The lowest BCUT2D eigenvalue weighted by Gasteiger charge is -2.37. The Hall–Kier alpha value is 2.86. The van der Waals surface area contributed by atoms with Gasteiger partial charge in [0.2, 0.25) is 13.7 Å². The number of alkyl halides is 12. The van der Waals surface area contributed by atoms with Gasteiger partial charge in [0.05, 0.1) is 22.3 Å². The molecule has 50 heavy (non-hydrogen) atoms. The van der Waals surface area contributed by atoms with Crippen molar-refractivity contribution in [2.75, 3.05) is 21.3 Å². The molecule has 0 atom stereocenters. The maximum Gasteiger partial charge on any atom is 0.341 e. The van der Waals surface area contributed by atoms with E-state index in [1.54, 1.807) is 55.4 Å². The van der Waals surface area contributed by atoms with Crippen LogP contribution in [0.5, 0.6) is 0 Å². The number of carbonyl (C=O) groups excluding carboxylic acids is 4. The zero-order valence-electron chi connectivity index (χ0n) is 27.8. The Bertz CT molecular complexity index is 1250. The third-order valence-electron chi connectivity index (χ3n) is 7.41. The Morgan fingerprint density at radius 3 is 0.660 bits per heavy atom. The Morgan fingerprint density at radius 2 is 0.540 bits per heavy atom. The molecule has 0 bridgehead atoms. The molecule has 1 aromatic rings. The summed E-state index contributed by atoms with van der Waals surface area (Å²) in [5.74, 6) is -4.15. The molecule has 0 aromatic heterocycles. The van der Waals surface area contributed by atoms with Crippen molar-refractivity contribution in [3.8, 4) is 0 Å². The summed E-state index contributed by atoms with van der Waals surface area (Å²) >= 11 is 41.1. The molecule has 0 amide bonds. The van der Waals surface area contributed by atoms with Gasteiger partial charge in [0.15, 0.2) is 0 Å². The van der Waals surface area contributed by atoms with Gasteiger partial charge in [0.1, 0.15) is 0 Å². The molecule has 8 nitrogen and oxygen atoms in total. The zero-order valence-corrected chi connectivity index (χ0v) is 46.8. The Labute approximate surface area is 394 Å². The van der Waals surface area contributed by atoms with Crippen LogP contribution in [0, 0.1) is 21.7 Å². The van der Waals surface area contributed by atoms with Crippen LogP contribution in [0.2, 0.25) is 0 Å². The predicted molar refractivity (Wildman–Crippen MR) is 241 cm³/mol. The molecule has 0 aliphatic carbocycles. The largest absolute Gasteiger partial charge is 0.433 e. The molecule has 0 spiro atoms. The molecule has 20 heteroatoms. The fraction of sp³-hybridized carbons (Fsp3) is 0.667. The van der Waals surface area contributed by atoms with E-state index in [2.05, 4.69) is 191 Å². The molecule has 0 radical (unpaired) electrons. The molecule has 0 heterocycles. The smallest absolute Gasteiger partial charge is 0.341 e. The summed E-state index contributed by atoms with van der Waals surface area (Å²) in [5.41, 5.74) is -4.56. The van der Waals surface area contributed by atoms with E-state index in [1.807, 2.05) is 0 Å². The van der Waals surface area contributed by atoms with Crippen LogP contribution in [-0.2, 0) is 18.9 Å². The number of hydrogen-bond acceptors (Lipinski definition) is 8. The monoisotopic (exact) mass is 1470 g/mol. The highest BCUT2D eigenvalue weighted by atomic mass is 79.9. The van der Waals surface area contributed by atoms with Crippen LogP contribution in [0.15, 0.2) is 12.1 Å². The molecule has 0 aliphatic heterocycles. The summed E-state index contributed by atoms with van der Waals surface area (Å²) in [6, 6.07) is 2.09. The standard InChI is InChI=1S/C30H34Br12O8/c1-23(2,11-31)27(35,36)47-19(43)15-9-17(21(45)49-29(39,40)25(5,6)13-33)18(22(46)50-30(41,42)26(7,8)14-34)10-16(15)20(44)48-28(37,38)24(3,4)12-32/h9-10H,11-14H2,1-8H3. The van der Waals surface area contributed by atoms with Crippen molar-refractivity contribution in [1.29, 1.82) is 0 Å². The topological polar surface area (TPSA) is 105 Å². The van der Waals surface area contributed by atoms with Crippen LogP contribution >= 0.6 is 191 Å². The van der Waals surface area contributed by atoms with Crippen LogP contribution in [0.25, 0.3) is 0 Å². The minimum absolute atomic E-state index is 0.381. The van der Waals surface area contributed by atoms with E-state index in [-0.39, 0.29) is 0 Å². The second kappa shape index (κ2) is 18.6. The maximum atomic E-state index is 14.1. The average molecular weight is 1480 g/mol. The van der Waals surface area contributed by atoms with E-state index in [0.717, 1.165) is 12.1 Å². The van der Waals surface area contributed by atoms with Gasteiger partial charge in [-0.15, -0.1) is 0 Å². The SMILES string of the molecule is CC(C)(CBr)C(Br)(Br)OC(=O)c1cc(C(=O)OC(Br)(Br)C(C)(C)CBr)c(C(=O)OC(Br)(Br)C(C)(C)CBr)cc1C(=O)OC(Br)(Br)C(C)(C)CBr. The molecular formula is C30H34Br12O8. The van der Waals surface area contributed by atoms with E-state index in [4.69, 9.17) is 18.9 Å². The lowest BCUT2D eigenvalue weighted by Crippen LogP contribution is -2.41. The first-order chi connectivity index (χ1) is 22.2. The molecule has 0 unspecified atom stereocenters. The van der Waals surface area contributed by atoms with Crippen molar-refractivity contribution in [1.82, 2.24) is 0 Å². The second-order valence-corrected chi connectivity index (χ2v) is 29.1. The minimum atomic E-state index is -1.45. The lowest BCUT2D eigenvalue weighted by molar-refractivity contribution is 0.0164. The molecule has 0 saturated heterocycles. The van der Waals surface area contributed by atoms with Gasteiger partial charge < -0.3 is 18.9 Å². The number of hydrogen-bond donors (Lipinski definition) is 0. The first-order valence-electron chi connectivity index (χ1n) is 14.1. The van der Waals surface area contributed by atoms with Gasteiger partial charge in [-0.2, -0.15) is 0 Å². The zero-order chi connectivity index (χ0) is 39.7. The Morgan fingerprint density at radius 1 is 0.400 bits per heavy atom. The molecule has 0 N–H and O–H groups in total. The van der Waals surface area contributed by atoms with Crippen molar-refractivity contribution in [2.45, 2.75) is 69.1 Å². The number of ether oxygens (including phenoxy) is 4. The molecule has 1 aromatic carbocycles. The first kappa shape index (κ1) is 50.9. The number of halogens is 12. The second-order valence-electron chi connectivity index (χ2n) is 13.6. The average Bonchev–Trinajstić information content (AvgIpc) is 2.98. The van der Waals surface area contributed by atoms with Crippen LogP contribution in [0.1, 0.15) is 96.8 Å². The van der Waals surface area contributed by atoms with Gasteiger partial charge in [-0.3, -0.25) is 0 Å². The number of benzene rings is 1. The van der Waals surface area contributed by atoms with Crippen molar-refractivity contribution in [2.24, 2.45) is 21.7 Å². The summed E-state index contributed by atoms with van der Waals surface area (Å²) in [7, 11) is 0. The summed E-state index contributed by atoms with van der Waals surface area (Å²) in [5, 5.41) is 1.52. The van der Waals surface area contributed by atoms with Crippen molar-refractivity contribution < 1.29 is 38.1 Å². The predicted octanol–water partition coefficient (Wildman–Crippen LogP) is 13.8. The van der Waals surface area contributed by atoms with E-state index in [9.17, 15) is 19.2 Å². The van der Waals surface area contributed by atoms with Crippen LogP contribution in [-0.4, -0.2) is 58.9 Å². The number of rotatable bonds is 16. The minimum Gasteiger partial charge on any atom is -0.433 e. The summed E-state index contributed by atoms with van der Waals surface area (Å²) in [6.45, 7) is 14.4. The van der Waals surface area contributed by atoms with E-state index >= 15 is 0 Å². The van der Waals surface area contributed by atoms with E-state index in [0.29, 0.717) is 21.3 Å². The quantitative estimate of drug-likeness (QED) is 0.0916.